The van der Waals surface area contributed by atoms with Crippen molar-refractivity contribution in [3.8, 4) is 0 Å². The number of furan rings is 1. The molecule has 0 aliphatic rings. The maximum Gasteiger partial charge on any atom is 0.155 e. The first-order valence-electron chi connectivity index (χ1n) is 4.74. The highest BCUT2D eigenvalue weighted by atomic mass is 35.5. The van der Waals surface area contributed by atoms with Crippen LogP contribution in [0.3, 0.4) is 0 Å². The molecule has 0 spiro atoms. The summed E-state index contributed by atoms with van der Waals surface area (Å²) in [5.41, 5.74) is 1.09. The van der Waals surface area contributed by atoms with Crippen LogP contribution in [-0.2, 0) is 0 Å². The average Bonchev–Trinajstić information content (AvgIpc) is 2.67. The predicted octanol–water partition coefficient (Wildman–Crippen LogP) is 6.20. The van der Waals surface area contributed by atoms with Crippen molar-refractivity contribution in [2.45, 2.75) is 0 Å². The molecule has 3 aromatic rings. The summed E-state index contributed by atoms with van der Waals surface area (Å²) in [5.74, 6) is 0. The molecular weight excluding hydrogens is 302 g/mol. The third-order valence-corrected chi connectivity index (χ3v) is 4.12. The van der Waals surface area contributed by atoms with Crippen LogP contribution in [0.1, 0.15) is 0 Å². The van der Waals surface area contributed by atoms with Crippen LogP contribution in [0.5, 0.6) is 0 Å². The van der Waals surface area contributed by atoms with Gasteiger partial charge in [-0.05, 0) is 12.1 Å². The lowest BCUT2D eigenvalue weighted by atomic mass is 10.1. The first kappa shape index (κ1) is 11.5. The largest absolute Gasteiger partial charge is 0.453 e. The molecule has 0 fully saturated rings. The standard InChI is InChI=1S/C12H4Cl4O/c13-7-3-1-2-5-6-4-8(14)9(15)10(16)12(6)17-11(5)7/h1-4H. The van der Waals surface area contributed by atoms with Gasteiger partial charge in [-0.3, -0.25) is 0 Å². The lowest BCUT2D eigenvalue weighted by Crippen LogP contribution is -1.73. The van der Waals surface area contributed by atoms with Gasteiger partial charge in [0.15, 0.2) is 11.2 Å². The van der Waals surface area contributed by atoms with Crippen molar-refractivity contribution >= 4 is 68.3 Å². The SMILES string of the molecule is Clc1cc2c(oc3c(Cl)cccc32)c(Cl)c1Cl. The second-order valence-corrected chi connectivity index (χ2v) is 5.15. The fraction of sp³-hybridized carbons (Fsp3) is 0. The van der Waals surface area contributed by atoms with Gasteiger partial charge in [-0.2, -0.15) is 0 Å². The Labute approximate surface area is 117 Å². The number of rotatable bonds is 0. The Hall–Kier alpha value is -0.600. The summed E-state index contributed by atoms with van der Waals surface area (Å²) in [7, 11) is 0. The van der Waals surface area contributed by atoms with Crippen LogP contribution in [0.25, 0.3) is 21.9 Å². The molecule has 0 radical (unpaired) electrons. The van der Waals surface area contributed by atoms with Crippen molar-refractivity contribution < 1.29 is 4.42 Å². The summed E-state index contributed by atoms with van der Waals surface area (Å²) in [6.07, 6.45) is 0. The van der Waals surface area contributed by atoms with Crippen molar-refractivity contribution in [1.82, 2.24) is 0 Å². The minimum absolute atomic E-state index is 0.288. The molecular formula is C12H4Cl4O. The van der Waals surface area contributed by atoms with Crippen molar-refractivity contribution in [3.63, 3.8) is 0 Å². The quantitative estimate of drug-likeness (QED) is 0.451. The molecule has 0 atom stereocenters. The minimum atomic E-state index is 0.288. The molecule has 0 bridgehead atoms. The molecule has 0 N–H and O–H groups in total. The Balaban J connectivity index is 2.61. The average molecular weight is 306 g/mol. The van der Waals surface area contributed by atoms with Crippen LogP contribution in [-0.4, -0.2) is 0 Å². The van der Waals surface area contributed by atoms with Crippen LogP contribution in [0, 0.1) is 0 Å². The summed E-state index contributed by atoms with van der Waals surface area (Å²) in [5, 5.41) is 3.20. The zero-order valence-electron chi connectivity index (χ0n) is 8.23. The second-order valence-electron chi connectivity index (χ2n) is 3.58. The molecule has 86 valence electrons. The van der Waals surface area contributed by atoms with Gasteiger partial charge in [-0.25, -0.2) is 0 Å². The summed E-state index contributed by atoms with van der Waals surface area (Å²) < 4.78 is 5.64. The van der Waals surface area contributed by atoms with Crippen molar-refractivity contribution in [3.05, 3.63) is 44.4 Å². The summed E-state index contributed by atoms with van der Waals surface area (Å²) >= 11 is 24.1. The number of fused-ring (bicyclic) bond motifs is 3. The molecule has 0 amide bonds. The maximum atomic E-state index is 6.10. The molecule has 1 aromatic heterocycles. The van der Waals surface area contributed by atoms with Gasteiger partial charge in [0.1, 0.15) is 5.02 Å². The molecule has 0 unspecified atom stereocenters. The highest BCUT2D eigenvalue weighted by Gasteiger charge is 2.16. The van der Waals surface area contributed by atoms with E-state index < -0.39 is 0 Å². The molecule has 2 aromatic carbocycles. The predicted molar refractivity (Wildman–Crippen MR) is 73.8 cm³/mol. The normalized spacial score (nSPS) is 11.5. The van der Waals surface area contributed by atoms with Crippen LogP contribution in [0.2, 0.25) is 20.1 Å². The van der Waals surface area contributed by atoms with E-state index in [4.69, 9.17) is 50.8 Å². The van der Waals surface area contributed by atoms with E-state index in [0.29, 0.717) is 26.2 Å². The van der Waals surface area contributed by atoms with E-state index in [1.165, 1.54) is 0 Å². The smallest absolute Gasteiger partial charge is 0.155 e. The number of benzene rings is 2. The van der Waals surface area contributed by atoms with E-state index in [1.807, 2.05) is 12.1 Å². The highest BCUT2D eigenvalue weighted by Crippen LogP contribution is 2.42. The van der Waals surface area contributed by atoms with E-state index in [1.54, 1.807) is 12.1 Å². The van der Waals surface area contributed by atoms with Crippen molar-refractivity contribution in [2.24, 2.45) is 0 Å². The Morgan fingerprint density at radius 2 is 1.53 bits per heavy atom. The highest BCUT2D eigenvalue weighted by molar-refractivity contribution is 6.50. The Bertz CT molecular complexity index is 745. The van der Waals surface area contributed by atoms with Gasteiger partial charge in [0, 0.05) is 10.8 Å². The van der Waals surface area contributed by atoms with Crippen LogP contribution in [0.15, 0.2) is 28.7 Å². The Morgan fingerprint density at radius 3 is 2.29 bits per heavy atom. The molecule has 1 heterocycles. The third kappa shape index (κ3) is 1.61. The second kappa shape index (κ2) is 3.96. The van der Waals surface area contributed by atoms with E-state index >= 15 is 0 Å². The molecule has 0 aliphatic heterocycles. The van der Waals surface area contributed by atoms with E-state index in [2.05, 4.69) is 0 Å². The number of halogens is 4. The fourth-order valence-electron chi connectivity index (χ4n) is 1.80. The van der Waals surface area contributed by atoms with Gasteiger partial charge in [-0.1, -0.05) is 58.5 Å². The zero-order valence-corrected chi connectivity index (χ0v) is 11.3. The molecule has 0 saturated heterocycles. The summed E-state index contributed by atoms with van der Waals surface area (Å²) in [4.78, 5) is 0. The van der Waals surface area contributed by atoms with Crippen molar-refractivity contribution in [1.29, 1.82) is 0 Å². The van der Waals surface area contributed by atoms with Crippen LogP contribution in [0.4, 0.5) is 0 Å². The Kier molecular flexibility index (Phi) is 2.68. The van der Waals surface area contributed by atoms with Gasteiger partial charge in [-0.15, -0.1) is 0 Å². The van der Waals surface area contributed by atoms with Gasteiger partial charge in [0.25, 0.3) is 0 Å². The molecule has 3 rings (SSSR count). The molecule has 17 heavy (non-hydrogen) atoms. The Morgan fingerprint density at radius 1 is 0.765 bits per heavy atom. The van der Waals surface area contributed by atoms with Gasteiger partial charge in [0.05, 0.1) is 15.1 Å². The fourth-order valence-corrected chi connectivity index (χ4v) is 2.65. The lowest BCUT2D eigenvalue weighted by Gasteiger charge is -1.98. The molecule has 0 saturated carbocycles. The third-order valence-electron chi connectivity index (χ3n) is 2.58. The number of hydrogen-bond acceptors (Lipinski definition) is 1. The maximum absolute atomic E-state index is 6.10. The first-order chi connectivity index (χ1) is 8.09. The van der Waals surface area contributed by atoms with E-state index in [0.717, 1.165) is 10.8 Å². The molecule has 0 aliphatic carbocycles. The summed E-state index contributed by atoms with van der Waals surface area (Å²) in [6, 6.07) is 7.22. The van der Waals surface area contributed by atoms with Crippen molar-refractivity contribution in [2.75, 3.05) is 0 Å². The number of hydrogen-bond donors (Lipinski definition) is 0. The molecule has 5 heteroatoms. The topological polar surface area (TPSA) is 13.1 Å². The van der Waals surface area contributed by atoms with Gasteiger partial charge in [0.2, 0.25) is 0 Å². The van der Waals surface area contributed by atoms with Crippen LogP contribution >= 0.6 is 46.4 Å². The zero-order chi connectivity index (χ0) is 12.2. The first-order valence-corrected chi connectivity index (χ1v) is 6.25. The molecule has 1 nitrogen and oxygen atoms in total. The van der Waals surface area contributed by atoms with Gasteiger partial charge < -0.3 is 4.42 Å². The monoisotopic (exact) mass is 304 g/mol. The van der Waals surface area contributed by atoms with E-state index in [9.17, 15) is 0 Å². The van der Waals surface area contributed by atoms with Crippen LogP contribution < -0.4 is 0 Å². The lowest BCUT2D eigenvalue weighted by molar-refractivity contribution is 0.669. The minimum Gasteiger partial charge on any atom is -0.453 e. The summed E-state index contributed by atoms with van der Waals surface area (Å²) in [6.45, 7) is 0. The number of para-hydroxylation sites is 1. The van der Waals surface area contributed by atoms with E-state index in [-0.39, 0.29) is 5.02 Å². The van der Waals surface area contributed by atoms with Gasteiger partial charge >= 0.3 is 0 Å².